The molecule has 0 atom stereocenters. The summed E-state index contributed by atoms with van der Waals surface area (Å²) < 4.78 is 58.2. The zero-order valence-corrected chi connectivity index (χ0v) is 12.9. The Bertz CT molecular complexity index is 920. The van der Waals surface area contributed by atoms with Gasteiger partial charge in [0.25, 0.3) is 5.91 Å². The minimum absolute atomic E-state index is 0.139. The molecule has 3 rings (SSSR count). The van der Waals surface area contributed by atoms with E-state index in [1.807, 2.05) is 0 Å². The summed E-state index contributed by atoms with van der Waals surface area (Å²) in [7, 11) is 0. The zero-order valence-electron chi connectivity index (χ0n) is 12.9. The number of rotatable bonds is 4. The number of ether oxygens (including phenoxy) is 1. The number of aromatic nitrogens is 1. The fourth-order valence-corrected chi connectivity index (χ4v) is 2.10. The molecule has 1 amide bonds. The van der Waals surface area contributed by atoms with Crippen LogP contribution in [0, 0.1) is 5.82 Å². The van der Waals surface area contributed by atoms with Gasteiger partial charge in [-0.15, -0.1) is 13.2 Å². The smallest absolute Gasteiger partial charge is 0.406 e. The molecule has 0 saturated heterocycles. The number of nitrogens with zero attached hydrogens (tertiary/aromatic N) is 1. The van der Waals surface area contributed by atoms with Crippen LogP contribution in [0.25, 0.3) is 11.3 Å². The second kappa shape index (κ2) is 6.87. The minimum Gasteiger partial charge on any atom is -0.406 e. The first kappa shape index (κ1) is 17.5. The van der Waals surface area contributed by atoms with Crippen LogP contribution in [0.2, 0.25) is 0 Å². The maximum atomic E-state index is 13.2. The summed E-state index contributed by atoms with van der Waals surface area (Å²) in [6, 6.07) is 11.5. The summed E-state index contributed by atoms with van der Waals surface area (Å²) >= 11 is 0. The molecule has 1 heterocycles. The van der Waals surface area contributed by atoms with Gasteiger partial charge < -0.3 is 14.6 Å². The van der Waals surface area contributed by atoms with Crippen LogP contribution in [0.3, 0.4) is 0 Å². The van der Waals surface area contributed by atoms with E-state index in [1.165, 1.54) is 36.4 Å². The Morgan fingerprint density at radius 1 is 1.08 bits per heavy atom. The number of amides is 1. The molecule has 134 valence electrons. The number of hydrogen-bond acceptors (Lipinski definition) is 4. The third kappa shape index (κ3) is 4.38. The maximum Gasteiger partial charge on any atom is 0.573 e. The molecule has 9 heteroatoms. The fraction of sp³-hybridized carbons (Fsp3) is 0.0588. The SMILES string of the molecule is O=C(Nc1ccc(OC(F)(F)F)cc1)c1cc(-c2cccc(F)c2)no1. The summed E-state index contributed by atoms with van der Waals surface area (Å²) in [5, 5.41) is 6.14. The predicted molar refractivity (Wildman–Crippen MR) is 83.0 cm³/mol. The summed E-state index contributed by atoms with van der Waals surface area (Å²) in [6.07, 6.45) is -4.79. The Balaban J connectivity index is 1.69. The van der Waals surface area contributed by atoms with Gasteiger partial charge >= 0.3 is 6.36 Å². The van der Waals surface area contributed by atoms with Crippen LogP contribution in [-0.4, -0.2) is 17.4 Å². The Hall–Kier alpha value is -3.36. The number of halogens is 4. The third-order valence-corrected chi connectivity index (χ3v) is 3.20. The summed E-state index contributed by atoms with van der Waals surface area (Å²) in [4.78, 5) is 12.1. The molecule has 2 aromatic carbocycles. The van der Waals surface area contributed by atoms with Crippen molar-refractivity contribution in [1.82, 2.24) is 5.16 Å². The zero-order chi connectivity index (χ0) is 18.7. The molecule has 0 saturated carbocycles. The molecule has 26 heavy (non-hydrogen) atoms. The largest absolute Gasteiger partial charge is 0.573 e. The van der Waals surface area contributed by atoms with Crippen molar-refractivity contribution in [2.24, 2.45) is 0 Å². The Kier molecular flexibility index (Phi) is 4.61. The van der Waals surface area contributed by atoms with Crippen molar-refractivity contribution in [2.75, 3.05) is 5.32 Å². The van der Waals surface area contributed by atoms with Gasteiger partial charge in [-0.1, -0.05) is 17.3 Å². The summed E-state index contributed by atoms with van der Waals surface area (Å²) in [6.45, 7) is 0. The molecule has 0 bridgehead atoms. The monoisotopic (exact) mass is 366 g/mol. The van der Waals surface area contributed by atoms with Crippen LogP contribution in [0.1, 0.15) is 10.6 Å². The molecular weight excluding hydrogens is 356 g/mol. The van der Waals surface area contributed by atoms with E-state index in [4.69, 9.17) is 4.52 Å². The van der Waals surface area contributed by atoms with Gasteiger partial charge in [0.2, 0.25) is 5.76 Å². The lowest BCUT2D eigenvalue weighted by Crippen LogP contribution is -2.17. The lowest BCUT2D eigenvalue weighted by Gasteiger charge is -2.09. The second-order valence-electron chi connectivity index (χ2n) is 5.11. The highest BCUT2D eigenvalue weighted by atomic mass is 19.4. The summed E-state index contributed by atoms with van der Waals surface area (Å²) in [5.74, 6) is -1.68. The molecule has 1 N–H and O–H groups in total. The quantitative estimate of drug-likeness (QED) is 0.684. The molecule has 5 nitrogen and oxygen atoms in total. The van der Waals surface area contributed by atoms with E-state index >= 15 is 0 Å². The van der Waals surface area contributed by atoms with E-state index < -0.39 is 23.8 Å². The van der Waals surface area contributed by atoms with Gasteiger partial charge in [0.1, 0.15) is 17.3 Å². The first-order valence-corrected chi connectivity index (χ1v) is 7.20. The molecular formula is C17H10F4N2O3. The maximum absolute atomic E-state index is 13.2. The molecule has 0 aliphatic carbocycles. The Morgan fingerprint density at radius 2 is 1.81 bits per heavy atom. The van der Waals surface area contributed by atoms with E-state index in [-0.39, 0.29) is 17.1 Å². The van der Waals surface area contributed by atoms with Gasteiger partial charge in [-0.2, -0.15) is 0 Å². The highest BCUT2D eigenvalue weighted by Gasteiger charge is 2.31. The highest BCUT2D eigenvalue weighted by molar-refractivity contribution is 6.02. The Labute approximate surface area is 144 Å². The predicted octanol–water partition coefficient (Wildman–Crippen LogP) is 4.63. The van der Waals surface area contributed by atoms with Crippen molar-refractivity contribution >= 4 is 11.6 Å². The first-order valence-electron chi connectivity index (χ1n) is 7.20. The van der Waals surface area contributed by atoms with E-state index in [9.17, 15) is 22.4 Å². The van der Waals surface area contributed by atoms with Gasteiger partial charge in [-0.3, -0.25) is 4.79 Å². The van der Waals surface area contributed by atoms with Crippen LogP contribution < -0.4 is 10.1 Å². The minimum atomic E-state index is -4.79. The van der Waals surface area contributed by atoms with Crippen LogP contribution in [0.5, 0.6) is 5.75 Å². The van der Waals surface area contributed by atoms with E-state index in [0.717, 1.165) is 12.1 Å². The van der Waals surface area contributed by atoms with Crippen molar-refractivity contribution in [3.05, 3.63) is 66.2 Å². The number of benzene rings is 2. The van der Waals surface area contributed by atoms with Crippen LogP contribution >= 0.6 is 0 Å². The fourth-order valence-electron chi connectivity index (χ4n) is 2.10. The number of nitrogens with one attached hydrogen (secondary N) is 1. The number of alkyl halides is 3. The van der Waals surface area contributed by atoms with Crippen LogP contribution in [-0.2, 0) is 0 Å². The van der Waals surface area contributed by atoms with E-state index in [1.54, 1.807) is 6.07 Å². The van der Waals surface area contributed by atoms with Crippen LogP contribution in [0.15, 0.2) is 59.1 Å². The molecule has 0 aliphatic heterocycles. The topological polar surface area (TPSA) is 64.4 Å². The molecule has 0 unspecified atom stereocenters. The van der Waals surface area contributed by atoms with E-state index in [0.29, 0.717) is 5.56 Å². The lowest BCUT2D eigenvalue weighted by atomic mass is 10.1. The van der Waals surface area contributed by atoms with Crippen molar-refractivity contribution in [2.45, 2.75) is 6.36 Å². The average Bonchev–Trinajstić information content (AvgIpc) is 3.05. The Morgan fingerprint density at radius 3 is 2.46 bits per heavy atom. The van der Waals surface area contributed by atoms with Crippen LogP contribution in [0.4, 0.5) is 23.2 Å². The standard InChI is InChI=1S/C17H10F4N2O3/c18-11-3-1-2-10(8-11)14-9-15(26-23-14)16(24)22-12-4-6-13(7-5-12)25-17(19,20)21/h1-9H,(H,22,24). The lowest BCUT2D eigenvalue weighted by molar-refractivity contribution is -0.274. The molecule has 1 aromatic heterocycles. The van der Waals surface area contributed by atoms with Gasteiger partial charge in [0.15, 0.2) is 0 Å². The molecule has 3 aromatic rings. The van der Waals surface area contributed by atoms with Gasteiger partial charge in [-0.25, -0.2) is 4.39 Å². The summed E-state index contributed by atoms with van der Waals surface area (Å²) in [5.41, 5.74) is 0.929. The van der Waals surface area contributed by atoms with Crippen molar-refractivity contribution in [1.29, 1.82) is 0 Å². The average molecular weight is 366 g/mol. The van der Waals surface area contributed by atoms with Crippen molar-refractivity contribution < 1.29 is 31.6 Å². The molecule has 0 fully saturated rings. The van der Waals surface area contributed by atoms with Gasteiger partial charge in [0.05, 0.1) is 0 Å². The first-order chi connectivity index (χ1) is 12.3. The number of carbonyl (C=O) groups excluding carboxylic acids is 1. The number of carbonyl (C=O) groups is 1. The van der Waals surface area contributed by atoms with Gasteiger partial charge in [0, 0.05) is 17.3 Å². The number of anilines is 1. The van der Waals surface area contributed by atoms with Gasteiger partial charge in [-0.05, 0) is 36.4 Å². The molecule has 0 radical (unpaired) electrons. The van der Waals surface area contributed by atoms with E-state index in [2.05, 4.69) is 15.2 Å². The molecule has 0 aliphatic rings. The van der Waals surface area contributed by atoms with Crippen molar-refractivity contribution in [3.63, 3.8) is 0 Å². The highest BCUT2D eigenvalue weighted by Crippen LogP contribution is 2.25. The second-order valence-corrected chi connectivity index (χ2v) is 5.11. The van der Waals surface area contributed by atoms with Crippen molar-refractivity contribution in [3.8, 4) is 17.0 Å². The number of hydrogen-bond donors (Lipinski definition) is 1. The normalized spacial score (nSPS) is 11.2. The third-order valence-electron chi connectivity index (χ3n) is 3.20. The molecule has 0 spiro atoms.